The Morgan fingerprint density at radius 3 is 2.38 bits per heavy atom. The van der Waals surface area contributed by atoms with Crippen molar-refractivity contribution in [3.8, 4) is 5.75 Å². The Morgan fingerprint density at radius 2 is 1.76 bits per heavy atom. The first kappa shape index (κ1) is 14.2. The van der Waals surface area contributed by atoms with Crippen LogP contribution >= 0.6 is 23.2 Å². The van der Waals surface area contributed by atoms with E-state index in [0.717, 1.165) is 6.42 Å². The molecule has 5 heteroatoms. The number of amides is 1. The number of halogens is 2. The van der Waals surface area contributed by atoms with Crippen LogP contribution in [0.25, 0.3) is 0 Å². The quantitative estimate of drug-likeness (QED) is 0.821. The van der Waals surface area contributed by atoms with Crippen molar-refractivity contribution in [3.05, 3.63) is 58.1 Å². The number of benzene rings is 2. The van der Waals surface area contributed by atoms with Crippen LogP contribution in [0.3, 0.4) is 0 Å². The zero-order valence-corrected chi connectivity index (χ0v) is 12.5. The summed E-state index contributed by atoms with van der Waals surface area (Å²) in [5.41, 5.74) is 1.67. The molecule has 2 aromatic rings. The number of hydrogen-bond donors (Lipinski definition) is 2. The third kappa shape index (κ3) is 2.99. The molecular formula is C16H13Cl2NO2. The highest BCUT2D eigenvalue weighted by Crippen LogP contribution is 2.48. The van der Waals surface area contributed by atoms with Gasteiger partial charge in [-0.25, -0.2) is 0 Å². The van der Waals surface area contributed by atoms with Crippen molar-refractivity contribution >= 4 is 34.8 Å². The maximum atomic E-state index is 12.2. The molecule has 1 fully saturated rings. The number of phenols is 1. The van der Waals surface area contributed by atoms with E-state index in [1.54, 1.807) is 0 Å². The molecule has 0 aromatic heterocycles. The van der Waals surface area contributed by atoms with Gasteiger partial charge in [0.1, 0.15) is 0 Å². The topological polar surface area (TPSA) is 49.3 Å². The van der Waals surface area contributed by atoms with Gasteiger partial charge in [0.25, 0.3) is 0 Å². The van der Waals surface area contributed by atoms with Crippen LogP contribution in [-0.2, 0) is 4.79 Å². The van der Waals surface area contributed by atoms with Crippen LogP contribution in [0, 0.1) is 5.92 Å². The molecule has 0 heterocycles. The van der Waals surface area contributed by atoms with Crippen LogP contribution in [0.1, 0.15) is 17.9 Å². The summed E-state index contributed by atoms with van der Waals surface area (Å²) in [7, 11) is 0. The molecule has 108 valence electrons. The highest BCUT2D eigenvalue weighted by molar-refractivity contribution is 6.37. The maximum Gasteiger partial charge on any atom is 0.228 e. The molecular weight excluding hydrogens is 309 g/mol. The predicted molar refractivity (Wildman–Crippen MR) is 84.0 cm³/mol. The average Bonchev–Trinajstić information content (AvgIpc) is 3.26. The van der Waals surface area contributed by atoms with Crippen LogP contribution < -0.4 is 5.32 Å². The minimum Gasteiger partial charge on any atom is -0.505 e. The van der Waals surface area contributed by atoms with E-state index < -0.39 is 0 Å². The Morgan fingerprint density at radius 1 is 1.14 bits per heavy atom. The number of carbonyl (C=O) groups is 1. The molecule has 3 nitrogen and oxygen atoms in total. The molecule has 1 amide bonds. The summed E-state index contributed by atoms with van der Waals surface area (Å²) in [5.74, 6) is 0.0135. The van der Waals surface area contributed by atoms with Crippen LogP contribution in [-0.4, -0.2) is 11.0 Å². The largest absolute Gasteiger partial charge is 0.505 e. The fraction of sp³-hybridized carbons (Fsp3) is 0.188. The van der Waals surface area contributed by atoms with Crippen LogP contribution in [0.2, 0.25) is 10.0 Å². The minimum absolute atomic E-state index is 0.0289. The fourth-order valence-electron chi connectivity index (χ4n) is 2.43. The second kappa shape index (κ2) is 5.58. The van der Waals surface area contributed by atoms with Crippen LogP contribution in [0.4, 0.5) is 5.69 Å². The van der Waals surface area contributed by atoms with Gasteiger partial charge in [-0.05, 0) is 30.0 Å². The minimum atomic E-state index is -0.176. The molecule has 0 radical (unpaired) electrons. The summed E-state index contributed by atoms with van der Waals surface area (Å²) < 4.78 is 0. The van der Waals surface area contributed by atoms with E-state index in [9.17, 15) is 9.90 Å². The second-order valence-corrected chi connectivity index (χ2v) is 5.95. The van der Waals surface area contributed by atoms with E-state index >= 15 is 0 Å². The number of rotatable bonds is 3. The average molecular weight is 322 g/mol. The van der Waals surface area contributed by atoms with Gasteiger partial charge in [-0.3, -0.25) is 4.79 Å². The van der Waals surface area contributed by atoms with E-state index in [0.29, 0.717) is 5.69 Å². The lowest BCUT2D eigenvalue weighted by molar-refractivity contribution is -0.117. The van der Waals surface area contributed by atoms with Crippen LogP contribution in [0.5, 0.6) is 5.75 Å². The van der Waals surface area contributed by atoms with Gasteiger partial charge >= 0.3 is 0 Å². The highest BCUT2D eigenvalue weighted by atomic mass is 35.5. The molecule has 1 aliphatic carbocycles. The lowest BCUT2D eigenvalue weighted by atomic mass is 10.1. The van der Waals surface area contributed by atoms with Gasteiger partial charge in [0, 0.05) is 11.6 Å². The van der Waals surface area contributed by atoms with Crippen molar-refractivity contribution in [3.63, 3.8) is 0 Å². The summed E-state index contributed by atoms with van der Waals surface area (Å²) in [4.78, 5) is 12.2. The monoisotopic (exact) mass is 321 g/mol. The number of hydrogen-bond acceptors (Lipinski definition) is 2. The van der Waals surface area contributed by atoms with Crippen molar-refractivity contribution in [2.45, 2.75) is 12.3 Å². The molecule has 2 N–H and O–H groups in total. The predicted octanol–water partition coefficient (Wildman–Crippen LogP) is 4.44. The number of carbonyl (C=O) groups excluding carboxylic acids is 1. The van der Waals surface area contributed by atoms with E-state index in [4.69, 9.17) is 23.2 Å². The zero-order valence-electron chi connectivity index (χ0n) is 11.0. The molecule has 1 aliphatic rings. The Labute approximate surface area is 132 Å². The van der Waals surface area contributed by atoms with Gasteiger partial charge in [-0.2, -0.15) is 0 Å². The molecule has 2 aromatic carbocycles. The Hall–Kier alpha value is -1.71. The number of phenolic OH excluding ortho intramolecular Hbond substituents is 1. The third-order valence-electron chi connectivity index (χ3n) is 3.64. The normalized spacial score (nSPS) is 20.1. The van der Waals surface area contributed by atoms with Gasteiger partial charge in [0.2, 0.25) is 5.91 Å². The molecule has 0 bridgehead atoms. The van der Waals surface area contributed by atoms with Gasteiger partial charge in [0.15, 0.2) is 5.75 Å². The van der Waals surface area contributed by atoms with E-state index in [1.165, 1.54) is 17.7 Å². The van der Waals surface area contributed by atoms with E-state index in [1.807, 2.05) is 30.3 Å². The maximum absolute atomic E-state index is 12.2. The fourth-order valence-corrected chi connectivity index (χ4v) is 2.91. The van der Waals surface area contributed by atoms with Crippen molar-refractivity contribution < 1.29 is 9.90 Å². The van der Waals surface area contributed by atoms with E-state index in [-0.39, 0.29) is 33.5 Å². The Bertz CT molecular complexity index is 665. The SMILES string of the molecule is O=C(Nc1cc(Cl)c(O)c(Cl)c1)C1CC1c1ccccc1. The standard InChI is InChI=1S/C16H13Cl2NO2/c17-13-6-10(7-14(18)15(13)20)19-16(21)12-8-11(12)9-4-2-1-3-5-9/h1-7,11-12,20H,8H2,(H,19,21). The molecule has 1 saturated carbocycles. The summed E-state index contributed by atoms with van der Waals surface area (Å²) >= 11 is 11.7. The first-order chi connectivity index (χ1) is 10.1. The smallest absolute Gasteiger partial charge is 0.228 e. The highest BCUT2D eigenvalue weighted by Gasteiger charge is 2.43. The second-order valence-electron chi connectivity index (χ2n) is 5.14. The lowest BCUT2D eigenvalue weighted by Gasteiger charge is -2.08. The third-order valence-corrected chi connectivity index (χ3v) is 4.22. The number of nitrogens with one attached hydrogen (secondary N) is 1. The zero-order chi connectivity index (χ0) is 15.0. The molecule has 3 rings (SSSR count). The number of aromatic hydroxyl groups is 1. The Balaban J connectivity index is 1.69. The Kier molecular flexibility index (Phi) is 3.79. The van der Waals surface area contributed by atoms with Gasteiger partial charge in [0.05, 0.1) is 10.0 Å². The van der Waals surface area contributed by atoms with Crippen molar-refractivity contribution in [2.24, 2.45) is 5.92 Å². The van der Waals surface area contributed by atoms with Crippen molar-refractivity contribution in [1.29, 1.82) is 0 Å². The van der Waals surface area contributed by atoms with Crippen molar-refractivity contribution in [1.82, 2.24) is 0 Å². The molecule has 21 heavy (non-hydrogen) atoms. The first-order valence-corrected chi connectivity index (χ1v) is 7.35. The van der Waals surface area contributed by atoms with Gasteiger partial charge in [-0.15, -0.1) is 0 Å². The van der Waals surface area contributed by atoms with Crippen molar-refractivity contribution in [2.75, 3.05) is 5.32 Å². The first-order valence-electron chi connectivity index (χ1n) is 6.60. The molecule has 2 unspecified atom stereocenters. The molecule has 2 atom stereocenters. The molecule has 0 aliphatic heterocycles. The van der Waals surface area contributed by atoms with Gasteiger partial charge in [-0.1, -0.05) is 53.5 Å². The molecule has 0 saturated heterocycles. The molecule has 0 spiro atoms. The lowest BCUT2D eigenvalue weighted by Crippen LogP contribution is -2.14. The van der Waals surface area contributed by atoms with Gasteiger partial charge < -0.3 is 10.4 Å². The summed E-state index contributed by atoms with van der Waals surface area (Å²) in [6.07, 6.45) is 0.843. The summed E-state index contributed by atoms with van der Waals surface area (Å²) in [6, 6.07) is 12.9. The van der Waals surface area contributed by atoms with Crippen LogP contribution in [0.15, 0.2) is 42.5 Å². The number of anilines is 1. The summed E-state index contributed by atoms with van der Waals surface area (Å²) in [6.45, 7) is 0. The van der Waals surface area contributed by atoms with E-state index in [2.05, 4.69) is 5.32 Å². The summed E-state index contributed by atoms with van der Waals surface area (Å²) in [5, 5.41) is 12.5.